The van der Waals surface area contributed by atoms with E-state index in [-0.39, 0.29) is 11.4 Å². The topological polar surface area (TPSA) is 129 Å². The SMILES string of the molecule is COC1=C(NC2CCCCC2)CCN(/C(N)=C(/C=C(/C)N)C(=O)NC(C)=N)C1. The molecule has 1 heterocycles. The Bertz CT molecular complexity index is 685. The first kappa shape index (κ1) is 21.7. The lowest BCUT2D eigenvalue weighted by atomic mass is 9.95. The number of allylic oxidation sites excluding steroid dienone is 1. The predicted molar refractivity (Wildman–Crippen MR) is 111 cm³/mol. The van der Waals surface area contributed by atoms with Crippen LogP contribution in [0, 0.1) is 5.41 Å². The molecule has 7 N–H and O–H groups in total. The number of amidine groups is 1. The first-order valence-corrected chi connectivity index (χ1v) is 9.89. The molecule has 0 aromatic rings. The molecule has 2 aliphatic rings. The molecule has 156 valence electrons. The Kier molecular flexibility index (Phi) is 7.78. The van der Waals surface area contributed by atoms with Gasteiger partial charge < -0.3 is 31.7 Å². The molecule has 0 spiro atoms. The molecule has 1 saturated carbocycles. The second kappa shape index (κ2) is 10.1. The van der Waals surface area contributed by atoms with Gasteiger partial charge in [0.15, 0.2) is 0 Å². The summed E-state index contributed by atoms with van der Waals surface area (Å²) in [6.07, 6.45) is 8.55. The van der Waals surface area contributed by atoms with Crippen LogP contribution < -0.4 is 22.1 Å². The summed E-state index contributed by atoms with van der Waals surface area (Å²) in [6, 6.07) is 0.507. The molecule has 0 bridgehead atoms. The third kappa shape index (κ3) is 5.94. The number of hydrogen-bond donors (Lipinski definition) is 5. The van der Waals surface area contributed by atoms with Gasteiger partial charge in [0, 0.05) is 24.7 Å². The van der Waals surface area contributed by atoms with Gasteiger partial charge in [-0.15, -0.1) is 0 Å². The zero-order chi connectivity index (χ0) is 20.7. The summed E-state index contributed by atoms with van der Waals surface area (Å²) in [6.45, 7) is 4.35. The Morgan fingerprint density at radius 2 is 1.93 bits per heavy atom. The predicted octanol–water partition coefficient (Wildman–Crippen LogP) is 1.62. The van der Waals surface area contributed by atoms with E-state index in [0.717, 1.165) is 17.9 Å². The van der Waals surface area contributed by atoms with Gasteiger partial charge in [-0.05, 0) is 32.8 Å². The van der Waals surface area contributed by atoms with Crippen molar-refractivity contribution in [1.29, 1.82) is 5.41 Å². The summed E-state index contributed by atoms with van der Waals surface area (Å²) in [5, 5.41) is 13.6. The summed E-state index contributed by atoms with van der Waals surface area (Å²) in [4.78, 5) is 14.4. The normalized spacial score (nSPS) is 19.8. The van der Waals surface area contributed by atoms with E-state index in [1.54, 1.807) is 20.1 Å². The largest absolute Gasteiger partial charge is 0.497 e. The Morgan fingerprint density at radius 3 is 2.50 bits per heavy atom. The van der Waals surface area contributed by atoms with Crippen LogP contribution in [-0.2, 0) is 9.53 Å². The van der Waals surface area contributed by atoms with Gasteiger partial charge in [0.2, 0.25) is 0 Å². The molecule has 28 heavy (non-hydrogen) atoms. The molecule has 0 radical (unpaired) electrons. The van der Waals surface area contributed by atoms with Gasteiger partial charge in [-0.3, -0.25) is 10.2 Å². The zero-order valence-electron chi connectivity index (χ0n) is 17.2. The highest BCUT2D eigenvalue weighted by molar-refractivity contribution is 6.06. The van der Waals surface area contributed by atoms with E-state index in [0.29, 0.717) is 30.6 Å². The summed E-state index contributed by atoms with van der Waals surface area (Å²) in [5.41, 5.74) is 14.0. The van der Waals surface area contributed by atoms with Crippen molar-refractivity contribution in [2.75, 3.05) is 20.2 Å². The highest BCUT2D eigenvalue weighted by Crippen LogP contribution is 2.24. The van der Waals surface area contributed by atoms with Crippen molar-refractivity contribution in [3.63, 3.8) is 0 Å². The standard InChI is InChI=1S/C20H34N6O2/c1-13(21)11-16(20(27)24-14(2)22)19(23)26-10-9-17(18(12-26)28-3)25-15-7-5-4-6-8-15/h11,15,25H,4-10,12,21,23H2,1-3H3,(H2,22,24,27)/b13-11-,19-16-. The smallest absolute Gasteiger partial charge is 0.260 e. The van der Waals surface area contributed by atoms with Crippen LogP contribution in [0.25, 0.3) is 0 Å². The monoisotopic (exact) mass is 390 g/mol. The minimum absolute atomic E-state index is 0.0495. The van der Waals surface area contributed by atoms with E-state index in [9.17, 15) is 4.79 Å². The fourth-order valence-electron chi connectivity index (χ4n) is 3.66. The number of nitrogens with two attached hydrogens (primary N) is 2. The molecule has 0 aromatic heterocycles. The molecule has 0 saturated heterocycles. The van der Waals surface area contributed by atoms with Crippen molar-refractivity contribution in [2.24, 2.45) is 11.5 Å². The van der Waals surface area contributed by atoms with Gasteiger partial charge in [0.1, 0.15) is 11.6 Å². The van der Waals surface area contributed by atoms with Crippen molar-refractivity contribution in [3.05, 3.63) is 34.6 Å². The van der Waals surface area contributed by atoms with E-state index >= 15 is 0 Å². The van der Waals surface area contributed by atoms with Gasteiger partial charge in [0.25, 0.3) is 5.91 Å². The number of nitrogens with zero attached hydrogens (tertiary/aromatic N) is 1. The lowest BCUT2D eigenvalue weighted by Crippen LogP contribution is -2.42. The number of hydrogen-bond acceptors (Lipinski definition) is 7. The molecular weight excluding hydrogens is 356 g/mol. The van der Waals surface area contributed by atoms with Gasteiger partial charge in [-0.25, -0.2) is 0 Å². The van der Waals surface area contributed by atoms with Crippen molar-refractivity contribution < 1.29 is 9.53 Å². The fourth-order valence-corrected chi connectivity index (χ4v) is 3.66. The first-order chi connectivity index (χ1) is 13.3. The highest BCUT2D eigenvalue weighted by atomic mass is 16.5. The van der Waals surface area contributed by atoms with Crippen molar-refractivity contribution >= 4 is 11.7 Å². The van der Waals surface area contributed by atoms with E-state index in [1.807, 2.05) is 4.90 Å². The van der Waals surface area contributed by atoms with Gasteiger partial charge in [0.05, 0.1) is 30.8 Å². The average Bonchev–Trinajstić information content (AvgIpc) is 2.66. The van der Waals surface area contributed by atoms with Crippen LogP contribution in [0.2, 0.25) is 0 Å². The molecule has 8 heteroatoms. The lowest BCUT2D eigenvalue weighted by molar-refractivity contribution is -0.116. The maximum atomic E-state index is 12.5. The zero-order valence-corrected chi connectivity index (χ0v) is 17.2. The number of amides is 1. The molecule has 0 aromatic carbocycles. The number of methoxy groups -OCH3 is 1. The summed E-state index contributed by atoms with van der Waals surface area (Å²) in [5.74, 6) is 0.781. The molecule has 1 aliphatic carbocycles. The number of nitrogens with one attached hydrogen (secondary N) is 3. The minimum atomic E-state index is -0.441. The molecular formula is C20H34N6O2. The minimum Gasteiger partial charge on any atom is -0.497 e. The summed E-state index contributed by atoms with van der Waals surface area (Å²) < 4.78 is 5.63. The van der Waals surface area contributed by atoms with Crippen LogP contribution in [0.5, 0.6) is 0 Å². The molecule has 1 amide bonds. The second-order valence-corrected chi connectivity index (χ2v) is 7.52. The van der Waals surface area contributed by atoms with Crippen LogP contribution >= 0.6 is 0 Å². The molecule has 2 rings (SSSR count). The molecule has 0 atom stereocenters. The Hall–Kier alpha value is -2.64. The van der Waals surface area contributed by atoms with Crippen LogP contribution in [0.3, 0.4) is 0 Å². The van der Waals surface area contributed by atoms with Crippen LogP contribution in [0.4, 0.5) is 0 Å². The van der Waals surface area contributed by atoms with Crippen molar-refractivity contribution in [3.8, 4) is 0 Å². The molecule has 8 nitrogen and oxygen atoms in total. The molecule has 0 unspecified atom stereocenters. The lowest BCUT2D eigenvalue weighted by Gasteiger charge is -2.35. The van der Waals surface area contributed by atoms with Gasteiger partial charge >= 0.3 is 0 Å². The van der Waals surface area contributed by atoms with Gasteiger partial charge in [-0.1, -0.05) is 19.3 Å². The third-order valence-electron chi connectivity index (χ3n) is 5.07. The number of ether oxygens (including phenoxy) is 1. The highest BCUT2D eigenvalue weighted by Gasteiger charge is 2.25. The first-order valence-electron chi connectivity index (χ1n) is 9.89. The van der Waals surface area contributed by atoms with E-state index in [4.69, 9.17) is 21.6 Å². The maximum Gasteiger partial charge on any atom is 0.260 e. The quantitative estimate of drug-likeness (QED) is 0.203. The maximum absolute atomic E-state index is 12.5. The fraction of sp³-hybridized carbons (Fsp3) is 0.600. The Balaban J connectivity index is 2.21. The third-order valence-corrected chi connectivity index (χ3v) is 5.07. The van der Waals surface area contributed by atoms with Crippen LogP contribution in [-0.4, -0.2) is 42.9 Å². The second-order valence-electron chi connectivity index (χ2n) is 7.52. The number of carbonyl (C=O) groups excluding carboxylic acids is 1. The summed E-state index contributed by atoms with van der Waals surface area (Å²) in [7, 11) is 1.66. The Morgan fingerprint density at radius 1 is 1.25 bits per heavy atom. The summed E-state index contributed by atoms with van der Waals surface area (Å²) >= 11 is 0. The molecule has 1 fully saturated rings. The van der Waals surface area contributed by atoms with E-state index in [1.165, 1.54) is 39.0 Å². The van der Waals surface area contributed by atoms with Crippen molar-refractivity contribution in [2.45, 2.75) is 58.4 Å². The number of carbonyl (C=O) groups is 1. The van der Waals surface area contributed by atoms with Crippen molar-refractivity contribution in [1.82, 2.24) is 15.5 Å². The van der Waals surface area contributed by atoms with E-state index in [2.05, 4.69) is 10.6 Å². The van der Waals surface area contributed by atoms with Gasteiger partial charge in [-0.2, -0.15) is 0 Å². The van der Waals surface area contributed by atoms with Crippen LogP contribution in [0.15, 0.2) is 34.6 Å². The van der Waals surface area contributed by atoms with E-state index < -0.39 is 5.91 Å². The Labute approximate surface area is 167 Å². The molecule has 1 aliphatic heterocycles. The average molecular weight is 391 g/mol. The number of rotatable bonds is 6. The van der Waals surface area contributed by atoms with Crippen LogP contribution in [0.1, 0.15) is 52.4 Å².